The van der Waals surface area contributed by atoms with Gasteiger partial charge in [-0.05, 0) is 50.1 Å². The normalized spacial score (nSPS) is 17.1. The molecule has 178 valence electrons. The number of nitrogens with one attached hydrogen (secondary N) is 1. The van der Waals surface area contributed by atoms with Gasteiger partial charge >= 0.3 is 5.97 Å². The van der Waals surface area contributed by atoms with E-state index in [1.807, 2.05) is 18.3 Å². The Bertz CT molecular complexity index is 1200. The number of esters is 1. The summed E-state index contributed by atoms with van der Waals surface area (Å²) in [5.41, 5.74) is 4.41. The molecule has 0 spiro atoms. The van der Waals surface area contributed by atoms with Crippen molar-refractivity contribution >= 4 is 23.3 Å². The van der Waals surface area contributed by atoms with Gasteiger partial charge in [-0.2, -0.15) is 0 Å². The van der Waals surface area contributed by atoms with E-state index >= 15 is 0 Å². The Kier molecular flexibility index (Phi) is 5.73. The fourth-order valence-electron chi connectivity index (χ4n) is 4.62. The Morgan fingerprint density at radius 1 is 1.18 bits per heavy atom. The van der Waals surface area contributed by atoms with Crippen LogP contribution in [0.25, 0.3) is 11.5 Å². The lowest BCUT2D eigenvalue weighted by atomic mass is 9.74. The number of carbonyl (C=O) groups is 1. The number of ether oxygens (including phenoxy) is 1. The second kappa shape index (κ2) is 8.72. The molecular formula is C25H30N6O3. The summed E-state index contributed by atoms with van der Waals surface area (Å²) >= 11 is 0. The monoisotopic (exact) mass is 462 g/mol. The highest BCUT2D eigenvalue weighted by Crippen LogP contribution is 2.43. The third-order valence-corrected chi connectivity index (χ3v) is 6.60. The first-order valence-corrected chi connectivity index (χ1v) is 11.7. The van der Waals surface area contributed by atoms with E-state index < -0.39 is 5.97 Å². The molecule has 0 radical (unpaired) electrons. The number of hydrogen-bond acceptors (Lipinski definition) is 9. The molecule has 9 nitrogen and oxygen atoms in total. The molecule has 2 aromatic heterocycles. The molecule has 1 aliphatic heterocycles. The van der Waals surface area contributed by atoms with Crippen LogP contribution >= 0.6 is 0 Å². The van der Waals surface area contributed by atoms with E-state index in [0.717, 1.165) is 43.0 Å². The zero-order valence-electron chi connectivity index (χ0n) is 20.1. The van der Waals surface area contributed by atoms with Gasteiger partial charge in [0.15, 0.2) is 11.5 Å². The van der Waals surface area contributed by atoms with Crippen LogP contribution in [0.15, 0.2) is 35.0 Å². The van der Waals surface area contributed by atoms with E-state index in [0.29, 0.717) is 23.8 Å². The van der Waals surface area contributed by atoms with Gasteiger partial charge in [0.25, 0.3) is 0 Å². The predicted molar refractivity (Wildman–Crippen MR) is 130 cm³/mol. The summed E-state index contributed by atoms with van der Waals surface area (Å²) in [5.74, 6) is 0.497. The van der Waals surface area contributed by atoms with E-state index in [1.165, 1.54) is 5.69 Å². The fraction of sp³-hybridized carbons (Fsp3) is 0.440. The van der Waals surface area contributed by atoms with Crippen LogP contribution in [0.4, 0.5) is 17.3 Å². The molecule has 1 saturated heterocycles. The predicted octanol–water partition coefficient (Wildman–Crippen LogP) is 3.64. The SMILES string of the molecule is CCOC(=O)c1noc2c1CC(C)(C)c1cnc(Nc3ccc(N4CCN(C)CC4)cc3)nc1-2. The van der Waals surface area contributed by atoms with Crippen molar-refractivity contribution in [3.8, 4) is 11.5 Å². The molecule has 34 heavy (non-hydrogen) atoms. The molecule has 0 unspecified atom stereocenters. The van der Waals surface area contributed by atoms with Gasteiger partial charge in [0.1, 0.15) is 5.69 Å². The Morgan fingerprint density at radius 2 is 1.91 bits per heavy atom. The van der Waals surface area contributed by atoms with Crippen molar-refractivity contribution in [2.45, 2.75) is 32.6 Å². The van der Waals surface area contributed by atoms with Crippen LogP contribution in [0.2, 0.25) is 0 Å². The number of likely N-dealkylation sites (N-methyl/N-ethyl adjacent to an activating group) is 1. The van der Waals surface area contributed by atoms with Crippen molar-refractivity contribution in [2.24, 2.45) is 0 Å². The summed E-state index contributed by atoms with van der Waals surface area (Å²) in [4.78, 5) is 26.4. The largest absolute Gasteiger partial charge is 0.461 e. The third kappa shape index (κ3) is 4.11. The molecule has 1 aliphatic carbocycles. The molecule has 0 amide bonds. The lowest BCUT2D eigenvalue weighted by Gasteiger charge is -2.34. The van der Waals surface area contributed by atoms with Gasteiger partial charge in [-0.1, -0.05) is 19.0 Å². The second-order valence-electron chi connectivity index (χ2n) is 9.54. The van der Waals surface area contributed by atoms with Crippen LogP contribution in [-0.4, -0.2) is 65.8 Å². The van der Waals surface area contributed by atoms with Crippen molar-refractivity contribution in [1.82, 2.24) is 20.0 Å². The highest BCUT2D eigenvalue weighted by molar-refractivity contribution is 5.91. The maximum Gasteiger partial charge on any atom is 0.360 e. The Balaban J connectivity index is 1.40. The Hall–Kier alpha value is -3.46. The average molecular weight is 463 g/mol. The Morgan fingerprint density at radius 3 is 2.62 bits per heavy atom. The first-order chi connectivity index (χ1) is 16.4. The number of benzene rings is 1. The minimum absolute atomic E-state index is 0.225. The van der Waals surface area contributed by atoms with Crippen LogP contribution in [0.5, 0.6) is 0 Å². The van der Waals surface area contributed by atoms with Gasteiger partial charge in [-0.25, -0.2) is 14.8 Å². The topological polar surface area (TPSA) is 96.6 Å². The maximum atomic E-state index is 12.4. The number of anilines is 3. The van der Waals surface area contributed by atoms with E-state index in [2.05, 4.69) is 58.3 Å². The van der Waals surface area contributed by atoms with Gasteiger partial charge in [-0.3, -0.25) is 0 Å². The fourth-order valence-corrected chi connectivity index (χ4v) is 4.62. The van der Waals surface area contributed by atoms with Gasteiger partial charge in [0.05, 0.1) is 6.61 Å². The first kappa shape index (κ1) is 22.3. The highest BCUT2D eigenvalue weighted by atomic mass is 16.5. The lowest BCUT2D eigenvalue weighted by molar-refractivity contribution is 0.0513. The molecule has 3 heterocycles. The Labute approximate surface area is 199 Å². The summed E-state index contributed by atoms with van der Waals surface area (Å²) in [7, 11) is 2.16. The quantitative estimate of drug-likeness (QED) is 0.570. The number of piperazine rings is 1. The third-order valence-electron chi connectivity index (χ3n) is 6.60. The number of rotatable bonds is 5. The summed E-state index contributed by atoms with van der Waals surface area (Å²) in [6.07, 6.45) is 2.43. The number of aromatic nitrogens is 3. The van der Waals surface area contributed by atoms with Crippen LogP contribution in [0.3, 0.4) is 0 Å². The lowest BCUT2D eigenvalue weighted by Crippen LogP contribution is -2.44. The minimum atomic E-state index is -0.473. The number of hydrogen-bond donors (Lipinski definition) is 1. The van der Waals surface area contributed by atoms with E-state index in [4.69, 9.17) is 14.2 Å². The molecule has 0 bridgehead atoms. The molecule has 3 aromatic rings. The van der Waals surface area contributed by atoms with E-state index in [1.54, 1.807) is 6.92 Å². The van der Waals surface area contributed by atoms with Gasteiger partial charge < -0.3 is 24.4 Å². The molecule has 1 fully saturated rings. The molecule has 1 N–H and O–H groups in total. The zero-order valence-corrected chi connectivity index (χ0v) is 20.1. The van der Waals surface area contributed by atoms with Gasteiger partial charge in [-0.15, -0.1) is 0 Å². The molecule has 0 atom stereocenters. The average Bonchev–Trinajstić information content (AvgIpc) is 3.23. The summed E-state index contributed by atoms with van der Waals surface area (Å²) in [6.45, 7) is 10.5. The van der Waals surface area contributed by atoms with Crippen molar-refractivity contribution in [1.29, 1.82) is 0 Å². The van der Waals surface area contributed by atoms with Crippen LogP contribution in [-0.2, 0) is 16.6 Å². The molecule has 1 aromatic carbocycles. The molecule has 2 aliphatic rings. The standard InChI is InChI=1S/C25H30N6O3/c1-5-33-23(32)20-18-14-25(2,3)19-15-26-24(28-21(19)22(18)34-29-20)27-16-6-8-17(9-7-16)31-12-10-30(4)11-13-31/h6-9,15H,5,10-14H2,1-4H3,(H,26,27,28). The number of nitrogens with zero attached hydrogens (tertiary/aromatic N) is 5. The van der Waals surface area contributed by atoms with Crippen molar-refractivity contribution in [3.05, 3.63) is 47.3 Å². The van der Waals surface area contributed by atoms with Gasteiger partial charge in [0, 0.05) is 54.9 Å². The van der Waals surface area contributed by atoms with Crippen LogP contribution < -0.4 is 10.2 Å². The first-order valence-electron chi connectivity index (χ1n) is 11.7. The second-order valence-corrected chi connectivity index (χ2v) is 9.54. The molecule has 5 rings (SSSR count). The number of carbonyl (C=O) groups excluding carboxylic acids is 1. The van der Waals surface area contributed by atoms with Crippen molar-refractivity contribution in [3.63, 3.8) is 0 Å². The highest BCUT2D eigenvalue weighted by Gasteiger charge is 2.39. The summed E-state index contributed by atoms with van der Waals surface area (Å²) in [5, 5.41) is 7.31. The minimum Gasteiger partial charge on any atom is -0.461 e. The molecular weight excluding hydrogens is 432 g/mol. The summed E-state index contributed by atoms with van der Waals surface area (Å²) in [6, 6.07) is 8.32. The van der Waals surface area contributed by atoms with E-state index in [9.17, 15) is 4.79 Å². The molecule has 9 heteroatoms. The zero-order chi connectivity index (χ0) is 23.9. The number of fused-ring (bicyclic) bond motifs is 3. The molecule has 0 saturated carbocycles. The maximum absolute atomic E-state index is 12.4. The van der Waals surface area contributed by atoms with Crippen molar-refractivity contribution < 1.29 is 14.1 Å². The smallest absolute Gasteiger partial charge is 0.360 e. The van der Waals surface area contributed by atoms with Crippen LogP contribution in [0, 0.1) is 0 Å². The summed E-state index contributed by atoms with van der Waals surface area (Å²) < 4.78 is 10.7. The van der Waals surface area contributed by atoms with E-state index in [-0.39, 0.29) is 17.7 Å². The van der Waals surface area contributed by atoms with Crippen LogP contribution in [0.1, 0.15) is 42.4 Å². The van der Waals surface area contributed by atoms with Gasteiger partial charge in [0.2, 0.25) is 5.95 Å². The van der Waals surface area contributed by atoms with Crippen molar-refractivity contribution in [2.75, 3.05) is 50.1 Å².